The fourth-order valence-corrected chi connectivity index (χ4v) is 3.59. The Morgan fingerprint density at radius 2 is 2.16 bits per heavy atom. The Kier molecular flexibility index (Phi) is 5.49. The molecule has 2 aromatic rings. The van der Waals surface area contributed by atoms with E-state index in [0.717, 1.165) is 35.8 Å². The highest BCUT2D eigenvalue weighted by atomic mass is 32.1. The summed E-state index contributed by atoms with van der Waals surface area (Å²) in [4.78, 5) is 29.5. The maximum atomic E-state index is 12.6. The molecule has 1 aliphatic rings. The van der Waals surface area contributed by atoms with Gasteiger partial charge in [0.05, 0.1) is 6.61 Å². The van der Waals surface area contributed by atoms with Crippen LogP contribution in [0, 0.1) is 0 Å². The summed E-state index contributed by atoms with van der Waals surface area (Å²) in [5.74, 6) is -0.0162. The highest BCUT2D eigenvalue weighted by Crippen LogP contribution is 2.28. The molecule has 132 valence electrons. The van der Waals surface area contributed by atoms with Crippen molar-refractivity contribution in [2.45, 2.75) is 25.3 Å². The van der Waals surface area contributed by atoms with Crippen LogP contribution in [0.15, 0.2) is 35.8 Å². The lowest BCUT2D eigenvalue weighted by atomic mass is 10.1. The van der Waals surface area contributed by atoms with Gasteiger partial charge in [0.1, 0.15) is 6.04 Å². The van der Waals surface area contributed by atoms with Crippen molar-refractivity contribution in [2.75, 3.05) is 23.4 Å². The van der Waals surface area contributed by atoms with E-state index in [1.165, 1.54) is 0 Å². The van der Waals surface area contributed by atoms with Gasteiger partial charge in [0, 0.05) is 30.2 Å². The van der Waals surface area contributed by atoms with E-state index < -0.39 is 6.09 Å². The predicted molar refractivity (Wildman–Crippen MR) is 96.8 cm³/mol. The standard InChI is InChI=1S/C17H20N4O3S/c18-16(23)24-10-7-12-3-5-13(6-4-12)20-15(22)14-2-1-9-21(14)17-19-8-11-25-17/h3-6,8,11,14H,1-2,7,9-10H2,(H2,18,23)(H,20,22). The molecule has 1 saturated heterocycles. The van der Waals surface area contributed by atoms with Gasteiger partial charge in [0.25, 0.3) is 0 Å². The van der Waals surface area contributed by atoms with Crippen LogP contribution in [0.2, 0.25) is 0 Å². The lowest BCUT2D eigenvalue weighted by molar-refractivity contribution is -0.117. The van der Waals surface area contributed by atoms with Gasteiger partial charge in [-0.25, -0.2) is 9.78 Å². The van der Waals surface area contributed by atoms with Gasteiger partial charge in [-0.2, -0.15) is 0 Å². The highest BCUT2D eigenvalue weighted by Gasteiger charge is 2.32. The van der Waals surface area contributed by atoms with E-state index in [0.29, 0.717) is 6.42 Å². The number of primary amides is 1. The summed E-state index contributed by atoms with van der Waals surface area (Å²) in [5.41, 5.74) is 6.68. The van der Waals surface area contributed by atoms with E-state index in [1.54, 1.807) is 17.5 Å². The van der Waals surface area contributed by atoms with E-state index in [2.05, 4.69) is 15.2 Å². The number of ether oxygens (including phenoxy) is 1. The third kappa shape index (κ3) is 4.48. The molecule has 25 heavy (non-hydrogen) atoms. The molecule has 1 fully saturated rings. The lowest BCUT2D eigenvalue weighted by Gasteiger charge is -2.23. The van der Waals surface area contributed by atoms with Gasteiger partial charge in [0.15, 0.2) is 5.13 Å². The fourth-order valence-electron chi connectivity index (χ4n) is 2.88. The van der Waals surface area contributed by atoms with E-state index in [4.69, 9.17) is 10.5 Å². The van der Waals surface area contributed by atoms with Crippen LogP contribution in [-0.4, -0.2) is 36.2 Å². The molecule has 0 bridgehead atoms. The molecule has 0 saturated carbocycles. The highest BCUT2D eigenvalue weighted by molar-refractivity contribution is 7.13. The van der Waals surface area contributed by atoms with Crippen LogP contribution < -0.4 is 16.0 Å². The zero-order valence-corrected chi connectivity index (χ0v) is 14.5. The second kappa shape index (κ2) is 7.98. The smallest absolute Gasteiger partial charge is 0.404 e. The molecule has 1 aromatic heterocycles. The van der Waals surface area contributed by atoms with Crippen LogP contribution in [0.5, 0.6) is 0 Å². The molecule has 3 rings (SSSR count). The number of hydrogen-bond acceptors (Lipinski definition) is 6. The number of nitrogens with one attached hydrogen (secondary N) is 1. The molecule has 7 nitrogen and oxygen atoms in total. The Hall–Kier alpha value is -2.61. The van der Waals surface area contributed by atoms with Crippen LogP contribution in [0.25, 0.3) is 0 Å². The summed E-state index contributed by atoms with van der Waals surface area (Å²) in [6.07, 6.45) is 3.38. The van der Waals surface area contributed by atoms with Gasteiger partial charge in [-0.3, -0.25) is 4.79 Å². The SMILES string of the molecule is NC(=O)OCCc1ccc(NC(=O)C2CCCN2c2nccs2)cc1. The van der Waals surface area contributed by atoms with Gasteiger partial charge in [0.2, 0.25) is 5.91 Å². The molecule has 1 atom stereocenters. The van der Waals surface area contributed by atoms with Crippen molar-refractivity contribution in [3.63, 3.8) is 0 Å². The van der Waals surface area contributed by atoms with Gasteiger partial charge < -0.3 is 20.7 Å². The normalized spacial score (nSPS) is 16.6. The zero-order chi connectivity index (χ0) is 17.6. The number of anilines is 2. The molecule has 2 heterocycles. The number of benzene rings is 1. The number of hydrogen-bond donors (Lipinski definition) is 2. The monoisotopic (exact) mass is 360 g/mol. The molecule has 2 amide bonds. The second-order valence-electron chi connectivity index (χ2n) is 5.77. The third-order valence-corrected chi connectivity index (χ3v) is 4.89. The Morgan fingerprint density at radius 1 is 1.36 bits per heavy atom. The number of amides is 2. The summed E-state index contributed by atoms with van der Waals surface area (Å²) in [6.45, 7) is 1.09. The van der Waals surface area contributed by atoms with E-state index in [-0.39, 0.29) is 18.6 Å². The molecule has 1 aliphatic heterocycles. The summed E-state index contributed by atoms with van der Waals surface area (Å²) in [5, 5.41) is 5.78. The summed E-state index contributed by atoms with van der Waals surface area (Å²) in [6, 6.07) is 7.30. The van der Waals surface area contributed by atoms with Crippen molar-refractivity contribution in [1.82, 2.24) is 4.98 Å². The topological polar surface area (TPSA) is 97.6 Å². The first-order valence-electron chi connectivity index (χ1n) is 8.11. The van der Waals surface area contributed by atoms with Crippen molar-refractivity contribution >= 4 is 34.2 Å². The van der Waals surface area contributed by atoms with Gasteiger partial charge >= 0.3 is 6.09 Å². The number of rotatable bonds is 6. The van der Waals surface area contributed by atoms with E-state index in [1.807, 2.05) is 29.6 Å². The average Bonchev–Trinajstić information content (AvgIpc) is 3.27. The minimum atomic E-state index is -0.773. The predicted octanol–water partition coefficient (Wildman–Crippen LogP) is 2.39. The van der Waals surface area contributed by atoms with Crippen LogP contribution in [0.4, 0.5) is 15.6 Å². The summed E-state index contributed by atoms with van der Waals surface area (Å²) in [7, 11) is 0. The van der Waals surface area contributed by atoms with Crippen LogP contribution in [-0.2, 0) is 16.0 Å². The maximum Gasteiger partial charge on any atom is 0.404 e. The maximum absolute atomic E-state index is 12.6. The minimum absolute atomic E-state index is 0.0162. The molecular formula is C17H20N4O3S. The van der Waals surface area contributed by atoms with E-state index in [9.17, 15) is 9.59 Å². The van der Waals surface area contributed by atoms with Crippen LogP contribution in [0.1, 0.15) is 18.4 Å². The molecule has 1 aromatic carbocycles. The summed E-state index contributed by atoms with van der Waals surface area (Å²) < 4.78 is 4.71. The van der Waals surface area contributed by atoms with Gasteiger partial charge in [-0.1, -0.05) is 12.1 Å². The quantitative estimate of drug-likeness (QED) is 0.824. The first kappa shape index (κ1) is 17.2. The molecule has 1 unspecified atom stereocenters. The first-order chi connectivity index (χ1) is 12.1. The van der Waals surface area contributed by atoms with Crippen molar-refractivity contribution < 1.29 is 14.3 Å². The zero-order valence-electron chi connectivity index (χ0n) is 13.7. The second-order valence-corrected chi connectivity index (χ2v) is 6.64. The fraction of sp³-hybridized carbons (Fsp3) is 0.353. The minimum Gasteiger partial charge on any atom is -0.449 e. The lowest BCUT2D eigenvalue weighted by Crippen LogP contribution is -2.39. The van der Waals surface area contributed by atoms with E-state index >= 15 is 0 Å². The first-order valence-corrected chi connectivity index (χ1v) is 8.99. The number of carbonyl (C=O) groups is 2. The molecular weight excluding hydrogens is 340 g/mol. The third-order valence-electron chi connectivity index (χ3n) is 4.08. The molecule has 0 spiro atoms. The number of aromatic nitrogens is 1. The van der Waals surface area contributed by atoms with Crippen molar-refractivity contribution in [1.29, 1.82) is 0 Å². The Morgan fingerprint density at radius 3 is 2.84 bits per heavy atom. The Bertz CT molecular complexity index is 718. The summed E-state index contributed by atoms with van der Waals surface area (Å²) >= 11 is 1.55. The van der Waals surface area contributed by atoms with Crippen molar-refractivity contribution in [3.05, 3.63) is 41.4 Å². The van der Waals surface area contributed by atoms with Crippen LogP contribution in [0.3, 0.4) is 0 Å². The number of thiazole rings is 1. The Labute approximate surface area is 149 Å². The van der Waals surface area contributed by atoms with Gasteiger partial charge in [-0.15, -0.1) is 11.3 Å². The van der Waals surface area contributed by atoms with Crippen LogP contribution >= 0.6 is 11.3 Å². The number of nitrogens with two attached hydrogens (primary N) is 1. The largest absolute Gasteiger partial charge is 0.449 e. The molecule has 8 heteroatoms. The molecule has 0 radical (unpaired) electrons. The average molecular weight is 360 g/mol. The molecule has 0 aliphatic carbocycles. The van der Waals surface area contributed by atoms with Crippen molar-refractivity contribution in [2.24, 2.45) is 5.73 Å². The number of nitrogens with zero attached hydrogens (tertiary/aromatic N) is 2. The Balaban J connectivity index is 1.56. The van der Waals surface area contributed by atoms with Crippen molar-refractivity contribution in [3.8, 4) is 0 Å². The molecule has 3 N–H and O–H groups in total. The number of carbonyl (C=O) groups excluding carboxylic acids is 2. The van der Waals surface area contributed by atoms with Gasteiger partial charge in [-0.05, 0) is 30.5 Å².